The molecular formula is C14H21N. The van der Waals surface area contributed by atoms with Crippen molar-refractivity contribution in [2.75, 3.05) is 6.54 Å². The molecule has 0 saturated carbocycles. The third kappa shape index (κ3) is 2.92. The number of benzene rings is 1. The van der Waals surface area contributed by atoms with Crippen LogP contribution in [0.5, 0.6) is 0 Å². The maximum Gasteiger partial charge on any atom is 0.0448 e. The fourth-order valence-electron chi connectivity index (χ4n) is 1.83. The first-order valence-electron chi connectivity index (χ1n) is 5.83. The largest absolute Gasteiger partial charge is 0.289 e. The molecule has 82 valence electrons. The number of rotatable bonds is 4. The molecule has 0 radical (unpaired) electrons. The highest BCUT2D eigenvalue weighted by atomic mass is 14.7. The third-order valence-corrected chi connectivity index (χ3v) is 2.55. The van der Waals surface area contributed by atoms with E-state index in [0.717, 1.165) is 13.0 Å². The van der Waals surface area contributed by atoms with Crippen LogP contribution >= 0.6 is 0 Å². The molecule has 0 unspecified atom stereocenters. The molecule has 0 amide bonds. The van der Waals surface area contributed by atoms with Crippen molar-refractivity contribution in [1.29, 1.82) is 0 Å². The first-order chi connectivity index (χ1) is 7.20. The van der Waals surface area contributed by atoms with Gasteiger partial charge >= 0.3 is 0 Å². The standard InChI is InChI=1S/C14H21N/c1-5-12-9-7-8-10-13(12)14(11(3)4)15-6-2/h7-11H,5-6H2,1-4H3. The normalized spacial score (nSPS) is 12.2. The molecule has 1 aromatic carbocycles. The molecule has 0 aliphatic carbocycles. The zero-order chi connectivity index (χ0) is 11.3. The van der Waals surface area contributed by atoms with Crippen molar-refractivity contribution in [2.45, 2.75) is 34.1 Å². The number of hydrogen-bond acceptors (Lipinski definition) is 1. The first kappa shape index (κ1) is 12.0. The van der Waals surface area contributed by atoms with Crippen LogP contribution in [0, 0.1) is 5.92 Å². The van der Waals surface area contributed by atoms with E-state index >= 15 is 0 Å². The molecule has 1 heteroatoms. The van der Waals surface area contributed by atoms with Crippen molar-refractivity contribution in [2.24, 2.45) is 10.9 Å². The zero-order valence-corrected chi connectivity index (χ0v) is 10.2. The fourth-order valence-corrected chi connectivity index (χ4v) is 1.83. The Morgan fingerprint density at radius 2 is 1.87 bits per heavy atom. The summed E-state index contributed by atoms with van der Waals surface area (Å²) in [5, 5.41) is 0. The second kappa shape index (κ2) is 5.69. The zero-order valence-electron chi connectivity index (χ0n) is 10.2. The van der Waals surface area contributed by atoms with Gasteiger partial charge in [0.25, 0.3) is 0 Å². The highest BCUT2D eigenvalue weighted by Gasteiger charge is 2.10. The second-order valence-corrected chi connectivity index (χ2v) is 4.02. The predicted molar refractivity (Wildman–Crippen MR) is 67.7 cm³/mol. The SMILES string of the molecule is CCN=C(c1ccccc1CC)C(C)C. The lowest BCUT2D eigenvalue weighted by molar-refractivity contribution is 0.870. The highest BCUT2D eigenvalue weighted by Crippen LogP contribution is 2.15. The van der Waals surface area contributed by atoms with E-state index < -0.39 is 0 Å². The van der Waals surface area contributed by atoms with Crippen molar-refractivity contribution < 1.29 is 0 Å². The average Bonchev–Trinajstić information content (AvgIpc) is 2.25. The smallest absolute Gasteiger partial charge is 0.0448 e. The molecule has 0 aromatic heterocycles. The maximum absolute atomic E-state index is 4.62. The molecule has 0 aliphatic rings. The van der Waals surface area contributed by atoms with Crippen LogP contribution in [0.15, 0.2) is 29.3 Å². The van der Waals surface area contributed by atoms with Crippen molar-refractivity contribution >= 4 is 5.71 Å². The molecule has 0 fully saturated rings. The van der Waals surface area contributed by atoms with Crippen LogP contribution < -0.4 is 0 Å². The number of aliphatic imine (C=N–C) groups is 1. The summed E-state index contributed by atoms with van der Waals surface area (Å²) in [5.74, 6) is 0.498. The van der Waals surface area contributed by atoms with Crippen molar-refractivity contribution in [1.82, 2.24) is 0 Å². The van der Waals surface area contributed by atoms with Gasteiger partial charge in [0.2, 0.25) is 0 Å². The van der Waals surface area contributed by atoms with Gasteiger partial charge in [-0.3, -0.25) is 4.99 Å². The molecule has 0 spiro atoms. The van der Waals surface area contributed by atoms with Gasteiger partial charge in [-0.15, -0.1) is 0 Å². The Labute approximate surface area is 93.2 Å². The van der Waals surface area contributed by atoms with E-state index in [4.69, 9.17) is 0 Å². The average molecular weight is 203 g/mol. The summed E-state index contributed by atoms with van der Waals surface area (Å²) in [6, 6.07) is 8.59. The predicted octanol–water partition coefficient (Wildman–Crippen LogP) is 3.71. The summed E-state index contributed by atoms with van der Waals surface area (Å²) in [6.07, 6.45) is 1.08. The molecule has 0 heterocycles. The molecular weight excluding hydrogens is 182 g/mol. The minimum absolute atomic E-state index is 0.498. The van der Waals surface area contributed by atoms with Crippen LogP contribution in [-0.2, 0) is 6.42 Å². The van der Waals surface area contributed by atoms with Gasteiger partial charge < -0.3 is 0 Å². The molecule has 15 heavy (non-hydrogen) atoms. The van der Waals surface area contributed by atoms with Crippen LogP contribution in [0.3, 0.4) is 0 Å². The van der Waals surface area contributed by atoms with Gasteiger partial charge in [-0.25, -0.2) is 0 Å². The topological polar surface area (TPSA) is 12.4 Å². The summed E-state index contributed by atoms with van der Waals surface area (Å²) in [7, 11) is 0. The van der Waals surface area contributed by atoms with E-state index in [0.29, 0.717) is 5.92 Å². The Hall–Kier alpha value is -1.11. The van der Waals surface area contributed by atoms with Gasteiger partial charge in [-0.1, -0.05) is 45.0 Å². The van der Waals surface area contributed by atoms with Gasteiger partial charge in [0.05, 0.1) is 0 Å². The molecule has 0 aliphatic heterocycles. The molecule has 0 N–H and O–H groups in total. The molecule has 1 rings (SSSR count). The lowest BCUT2D eigenvalue weighted by atomic mass is 9.94. The van der Waals surface area contributed by atoms with E-state index in [1.165, 1.54) is 16.8 Å². The van der Waals surface area contributed by atoms with Crippen molar-refractivity contribution in [3.8, 4) is 0 Å². The van der Waals surface area contributed by atoms with Crippen LogP contribution in [0.1, 0.15) is 38.8 Å². The van der Waals surface area contributed by atoms with Gasteiger partial charge in [0, 0.05) is 12.3 Å². The maximum atomic E-state index is 4.62. The Bertz CT molecular complexity index is 337. The van der Waals surface area contributed by atoms with E-state index in [1.807, 2.05) is 0 Å². The fraction of sp³-hybridized carbons (Fsp3) is 0.500. The van der Waals surface area contributed by atoms with E-state index in [2.05, 4.69) is 57.0 Å². The molecule has 0 atom stereocenters. The monoisotopic (exact) mass is 203 g/mol. The Morgan fingerprint density at radius 1 is 1.20 bits per heavy atom. The summed E-state index contributed by atoms with van der Waals surface area (Å²) < 4.78 is 0. The third-order valence-electron chi connectivity index (χ3n) is 2.55. The van der Waals surface area contributed by atoms with Crippen LogP contribution in [-0.4, -0.2) is 12.3 Å². The Kier molecular flexibility index (Phi) is 4.54. The molecule has 1 aromatic rings. The Balaban J connectivity index is 3.16. The highest BCUT2D eigenvalue weighted by molar-refractivity contribution is 6.03. The summed E-state index contributed by atoms with van der Waals surface area (Å²) >= 11 is 0. The van der Waals surface area contributed by atoms with Crippen LogP contribution in [0.4, 0.5) is 0 Å². The van der Waals surface area contributed by atoms with Gasteiger partial charge in [-0.2, -0.15) is 0 Å². The molecule has 0 saturated heterocycles. The van der Waals surface area contributed by atoms with Crippen LogP contribution in [0.2, 0.25) is 0 Å². The minimum Gasteiger partial charge on any atom is -0.289 e. The lowest BCUT2D eigenvalue weighted by Crippen LogP contribution is -2.12. The van der Waals surface area contributed by atoms with Crippen LogP contribution in [0.25, 0.3) is 0 Å². The Morgan fingerprint density at radius 3 is 2.40 bits per heavy atom. The molecule has 0 bridgehead atoms. The van der Waals surface area contributed by atoms with Gasteiger partial charge in [-0.05, 0) is 30.4 Å². The van der Waals surface area contributed by atoms with Crippen molar-refractivity contribution in [3.63, 3.8) is 0 Å². The summed E-state index contributed by atoms with van der Waals surface area (Å²) in [4.78, 5) is 4.62. The molecule has 1 nitrogen and oxygen atoms in total. The second-order valence-electron chi connectivity index (χ2n) is 4.02. The van der Waals surface area contributed by atoms with E-state index in [1.54, 1.807) is 0 Å². The number of nitrogens with zero attached hydrogens (tertiary/aromatic N) is 1. The lowest BCUT2D eigenvalue weighted by Gasteiger charge is -2.14. The first-order valence-corrected chi connectivity index (χ1v) is 5.83. The quantitative estimate of drug-likeness (QED) is 0.661. The summed E-state index contributed by atoms with van der Waals surface area (Å²) in [5.41, 5.74) is 3.98. The number of hydrogen-bond donors (Lipinski definition) is 0. The number of aryl methyl sites for hydroxylation is 1. The minimum atomic E-state index is 0.498. The van der Waals surface area contributed by atoms with Gasteiger partial charge in [0.1, 0.15) is 0 Å². The summed E-state index contributed by atoms with van der Waals surface area (Å²) in [6.45, 7) is 9.58. The van der Waals surface area contributed by atoms with E-state index in [-0.39, 0.29) is 0 Å². The van der Waals surface area contributed by atoms with Gasteiger partial charge in [0.15, 0.2) is 0 Å². The van der Waals surface area contributed by atoms with E-state index in [9.17, 15) is 0 Å². The van der Waals surface area contributed by atoms with Crippen molar-refractivity contribution in [3.05, 3.63) is 35.4 Å².